The summed E-state index contributed by atoms with van der Waals surface area (Å²) in [7, 11) is 0. The van der Waals surface area contributed by atoms with Crippen LogP contribution >= 0.6 is 0 Å². The highest BCUT2D eigenvalue weighted by Gasteiger charge is 2.20. The predicted molar refractivity (Wildman–Crippen MR) is 87.0 cm³/mol. The van der Waals surface area contributed by atoms with Gasteiger partial charge >= 0.3 is 0 Å². The third-order valence-corrected chi connectivity index (χ3v) is 4.10. The number of aromatic amines is 1. The minimum absolute atomic E-state index is 0.757. The molecule has 0 radical (unpaired) electrons. The molecule has 106 valence electrons. The van der Waals surface area contributed by atoms with E-state index >= 15 is 0 Å². The third kappa shape index (κ3) is 2.03. The van der Waals surface area contributed by atoms with Crippen molar-refractivity contribution in [2.24, 2.45) is 0 Å². The molecular weight excluding hydrogens is 260 g/mol. The second kappa shape index (κ2) is 4.52. The Morgan fingerprint density at radius 1 is 1.19 bits per heavy atom. The first-order chi connectivity index (χ1) is 10.2. The topological polar surface area (TPSA) is 57.9 Å². The Labute approximate surface area is 123 Å². The van der Waals surface area contributed by atoms with E-state index in [1.165, 1.54) is 16.8 Å². The maximum absolute atomic E-state index is 5.84. The quantitative estimate of drug-likeness (QED) is 0.669. The summed E-state index contributed by atoms with van der Waals surface area (Å²) in [6, 6.07) is 12.4. The van der Waals surface area contributed by atoms with Crippen molar-refractivity contribution in [1.82, 2.24) is 9.97 Å². The summed E-state index contributed by atoms with van der Waals surface area (Å²) in [5, 5.41) is 0. The van der Waals surface area contributed by atoms with Crippen molar-refractivity contribution in [1.29, 1.82) is 0 Å². The van der Waals surface area contributed by atoms with Crippen molar-refractivity contribution in [2.75, 3.05) is 17.2 Å². The smallest absolute Gasteiger partial charge is 0.208 e. The molecular formula is C17H18N4. The lowest BCUT2D eigenvalue weighted by atomic mass is 10.00. The van der Waals surface area contributed by atoms with Gasteiger partial charge in [0.05, 0.1) is 11.0 Å². The molecule has 21 heavy (non-hydrogen) atoms. The number of nitrogens with one attached hydrogen (secondary N) is 1. The first kappa shape index (κ1) is 12.3. The highest BCUT2D eigenvalue weighted by Crippen LogP contribution is 2.33. The van der Waals surface area contributed by atoms with Gasteiger partial charge in [0.2, 0.25) is 5.95 Å². The van der Waals surface area contributed by atoms with Crippen molar-refractivity contribution < 1.29 is 0 Å². The predicted octanol–water partition coefficient (Wildman–Crippen LogP) is 3.54. The molecule has 0 bridgehead atoms. The number of hydrogen-bond acceptors (Lipinski definition) is 3. The van der Waals surface area contributed by atoms with Crippen molar-refractivity contribution >= 4 is 28.4 Å². The summed E-state index contributed by atoms with van der Waals surface area (Å²) in [6.07, 6.45) is 2.29. The molecule has 1 aliphatic heterocycles. The molecule has 1 aromatic heterocycles. The Hall–Kier alpha value is -2.49. The Bertz CT molecular complexity index is 819. The lowest BCUT2D eigenvalue weighted by Crippen LogP contribution is -2.25. The van der Waals surface area contributed by atoms with Gasteiger partial charge in [0.1, 0.15) is 0 Å². The zero-order chi connectivity index (χ0) is 14.4. The van der Waals surface area contributed by atoms with Gasteiger partial charge in [0, 0.05) is 17.9 Å². The van der Waals surface area contributed by atoms with E-state index in [-0.39, 0.29) is 0 Å². The van der Waals surface area contributed by atoms with Crippen LogP contribution in [0.2, 0.25) is 0 Å². The fourth-order valence-electron chi connectivity index (χ4n) is 3.09. The fourth-order valence-corrected chi connectivity index (χ4v) is 3.09. The van der Waals surface area contributed by atoms with Crippen LogP contribution in [0.25, 0.3) is 11.0 Å². The minimum atomic E-state index is 0.757. The molecule has 4 rings (SSSR count). The maximum atomic E-state index is 5.84. The van der Waals surface area contributed by atoms with Gasteiger partial charge in [-0.2, -0.15) is 0 Å². The molecule has 0 aliphatic carbocycles. The molecule has 0 atom stereocenters. The van der Waals surface area contributed by atoms with E-state index in [0.29, 0.717) is 0 Å². The van der Waals surface area contributed by atoms with Crippen LogP contribution in [-0.2, 0) is 6.42 Å². The molecule has 0 spiro atoms. The van der Waals surface area contributed by atoms with Crippen LogP contribution in [-0.4, -0.2) is 16.5 Å². The van der Waals surface area contributed by atoms with E-state index in [4.69, 9.17) is 10.7 Å². The Morgan fingerprint density at radius 3 is 3.00 bits per heavy atom. The summed E-state index contributed by atoms with van der Waals surface area (Å²) in [6.45, 7) is 3.13. The van der Waals surface area contributed by atoms with Crippen LogP contribution in [0, 0.1) is 6.92 Å². The van der Waals surface area contributed by atoms with E-state index in [2.05, 4.69) is 35.0 Å². The number of fused-ring (bicyclic) bond motifs is 2. The monoisotopic (exact) mass is 278 g/mol. The van der Waals surface area contributed by atoms with Gasteiger partial charge in [-0.3, -0.25) is 0 Å². The molecule has 2 heterocycles. The molecule has 1 aliphatic rings. The Morgan fingerprint density at radius 2 is 2.10 bits per heavy atom. The average molecular weight is 278 g/mol. The number of hydrogen-bond donors (Lipinski definition) is 2. The number of anilines is 3. The third-order valence-electron chi connectivity index (χ3n) is 4.10. The largest absolute Gasteiger partial charge is 0.399 e. The molecule has 4 nitrogen and oxygen atoms in total. The van der Waals surface area contributed by atoms with Crippen LogP contribution in [0.5, 0.6) is 0 Å². The second-order valence-corrected chi connectivity index (χ2v) is 5.72. The molecule has 0 unspecified atom stereocenters. The molecule has 3 aromatic rings. The van der Waals surface area contributed by atoms with Gasteiger partial charge in [-0.1, -0.05) is 17.7 Å². The van der Waals surface area contributed by atoms with E-state index in [1.807, 2.05) is 18.2 Å². The number of H-pyrrole nitrogens is 1. The number of benzene rings is 2. The summed E-state index contributed by atoms with van der Waals surface area (Å²) >= 11 is 0. The number of aromatic nitrogens is 2. The molecule has 0 saturated carbocycles. The molecule has 0 amide bonds. The van der Waals surface area contributed by atoms with Crippen LogP contribution in [0.4, 0.5) is 17.3 Å². The van der Waals surface area contributed by atoms with E-state index < -0.39 is 0 Å². The number of nitrogens with zero attached hydrogens (tertiary/aromatic N) is 2. The zero-order valence-corrected chi connectivity index (χ0v) is 12.1. The summed E-state index contributed by atoms with van der Waals surface area (Å²) in [4.78, 5) is 10.4. The number of rotatable bonds is 1. The van der Waals surface area contributed by atoms with E-state index in [0.717, 1.165) is 42.1 Å². The maximum Gasteiger partial charge on any atom is 0.208 e. The molecule has 3 N–H and O–H groups in total. The lowest BCUT2D eigenvalue weighted by Gasteiger charge is -2.29. The number of aryl methyl sites for hydroxylation is 2. The number of nitrogen functional groups attached to an aromatic ring is 1. The Kier molecular flexibility index (Phi) is 2.64. The summed E-state index contributed by atoms with van der Waals surface area (Å²) in [5.41, 5.74) is 12.5. The van der Waals surface area contributed by atoms with E-state index in [1.54, 1.807) is 0 Å². The molecule has 2 aromatic carbocycles. The summed E-state index contributed by atoms with van der Waals surface area (Å²) in [5.74, 6) is 0.903. The van der Waals surface area contributed by atoms with Crippen molar-refractivity contribution in [3.63, 3.8) is 0 Å². The van der Waals surface area contributed by atoms with Crippen molar-refractivity contribution in [2.45, 2.75) is 19.8 Å². The van der Waals surface area contributed by atoms with Crippen molar-refractivity contribution in [3.05, 3.63) is 47.5 Å². The van der Waals surface area contributed by atoms with Crippen LogP contribution in [0.1, 0.15) is 17.5 Å². The minimum Gasteiger partial charge on any atom is -0.399 e. The van der Waals surface area contributed by atoms with Gasteiger partial charge in [-0.25, -0.2) is 4.98 Å². The fraction of sp³-hybridized carbons (Fsp3) is 0.235. The average Bonchev–Trinajstić information content (AvgIpc) is 2.89. The first-order valence-electron chi connectivity index (χ1n) is 7.33. The van der Waals surface area contributed by atoms with Gasteiger partial charge in [0.15, 0.2) is 0 Å². The normalized spacial score (nSPS) is 14.4. The Balaban J connectivity index is 1.82. The lowest BCUT2D eigenvalue weighted by molar-refractivity contribution is 0.754. The van der Waals surface area contributed by atoms with Gasteiger partial charge in [0.25, 0.3) is 0 Å². The SMILES string of the molecule is Cc1ccc2c(c1)CCCN2c1nc2ccc(N)cc2[nH]1. The molecule has 4 heteroatoms. The van der Waals surface area contributed by atoms with Gasteiger partial charge < -0.3 is 15.6 Å². The molecule has 0 fully saturated rings. The number of imidazole rings is 1. The first-order valence-corrected chi connectivity index (χ1v) is 7.33. The van der Waals surface area contributed by atoms with Crippen molar-refractivity contribution in [3.8, 4) is 0 Å². The van der Waals surface area contributed by atoms with Gasteiger partial charge in [-0.05, 0) is 49.6 Å². The van der Waals surface area contributed by atoms with Crippen LogP contribution < -0.4 is 10.6 Å². The van der Waals surface area contributed by atoms with E-state index in [9.17, 15) is 0 Å². The molecule has 0 saturated heterocycles. The zero-order valence-electron chi connectivity index (χ0n) is 12.1. The van der Waals surface area contributed by atoms with Crippen LogP contribution in [0.15, 0.2) is 36.4 Å². The van der Waals surface area contributed by atoms with Crippen LogP contribution in [0.3, 0.4) is 0 Å². The standard InChI is InChI=1S/C17H18N4/c1-11-4-7-16-12(9-11)3-2-8-21(16)17-19-14-6-5-13(18)10-15(14)20-17/h4-7,9-10H,2-3,8,18H2,1H3,(H,19,20). The summed E-state index contributed by atoms with van der Waals surface area (Å²) < 4.78 is 0. The highest BCUT2D eigenvalue weighted by atomic mass is 15.3. The van der Waals surface area contributed by atoms with Gasteiger partial charge in [-0.15, -0.1) is 0 Å². The highest BCUT2D eigenvalue weighted by molar-refractivity contribution is 5.82. The number of nitrogens with two attached hydrogens (primary N) is 1. The second-order valence-electron chi connectivity index (χ2n) is 5.72.